The molecule has 0 unspecified atom stereocenters. The van der Waals surface area contributed by atoms with E-state index in [1.807, 2.05) is 0 Å². The molecule has 4 rings (SSSR count). The lowest BCUT2D eigenvalue weighted by Gasteiger charge is -2.34. The monoisotopic (exact) mass is 256 g/mol. The number of carbonyl (C=O) groups excluding carboxylic acids is 1. The van der Waals surface area contributed by atoms with Crippen LogP contribution in [0.5, 0.6) is 0 Å². The van der Waals surface area contributed by atoms with E-state index in [2.05, 4.69) is 30.6 Å². The molecule has 1 aliphatic heterocycles. The van der Waals surface area contributed by atoms with Crippen LogP contribution in [0.1, 0.15) is 13.3 Å². The van der Waals surface area contributed by atoms with Gasteiger partial charge in [-0.25, -0.2) is 0 Å². The quantitative estimate of drug-likeness (QED) is 0.401. The van der Waals surface area contributed by atoms with Crippen molar-refractivity contribution in [1.29, 1.82) is 0 Å². The largest absolute Gasteiger partial charge is 0.390 e. The molecule has 1 N–H and O–H groups in total. The van der Waals surface area contributed by atoms with Gasteiger partial charge in [-0.05, 0) is 30.8 Å². The number of ketones is 1. The fourth-order valence-electron chi connectivity index (χ4n) is 4.18. The fourth-order valence-corrected chi connectivity index (χ4v) is 4.18. The first-order valence-electron chi connectivity index (χ1n) is 6.82. The number of fused-ring (bicyclic) bond motifs is 6. The van der Waals surface area contributed by atoms with Crippen LogP contribution in [-0.4, -0.2) is 28.7 Å². The van der Waals surface area contributed by atoms with Gasteiger partial charge in [0.2, 0.25) is 5.60 Å². The summed E-state index contributed by atoms with van der Waals surface area (Å²) < 4.78 is 5.56. The summed E-state index contributed by atoms with van der Waals surface area (Å²) >= 11 is 0. The van der Waals surface area contributed by atoms with Gasteiger partial charge in [0.1, 0.15) is 6.10 Å². The number of epoxide rings is 1. The van der Waals surface area contributed by atoms with E-state index in [1.54, 1.807) is 6.92 Å². The number of rotatable bonds is 0. The molecule has 2 saturated carbocycles. The molecule has 0 spiro atoms. The minimum atomic E-state index is -1.04. The van der Waals surface area contributed by atoms with Gasteiger partial charge >= 0.3 is 0 Å². The third-order valence-electron chi connectivity index (χ3n) is 5.01. The zero-order valence-corrected chi connectivity index (χ0v) is 10.8. The summed E-state index contributed by atoms with van der Waals surface area (Å²) in [4.78, 5) is 12.7. The molecule has 2 bridgehead atoms. The van der Waals surface area contributed by atoms with Crippen LogP contribution < -0.4 is 0 Å². The van der Waals surface area contributed by atoms with E-state index in [1.165, 1.54) is 0 Å². The smallest absolute Gasteiger partial charge is 0.216 e. The van der Waals surface area contributed by atoms with Gasteiger partial charge in [-0.1, -0.05) is 30.6 Å². The Morgan fingerprint density at radius 2 is 2.26 bits per heavy atom. The van der Waals surface area contributed by atoms with E-state index < -0.39 is 17.8 Å². The van der Waals surface area contributed by atoms with Crippen molar-refractivity contribution >= 4 is 5.78 Å². The van der Waals surface area contributed by atoms with Gasteiger partial charge in [-0.2, -0.15) is 0 Å². The minimum Gasteiger partial charge on any atom is -0.390 e. The SMILES string of the molecule is C=C(C)C#C[C@]12O[C@H]1[C@@H](O)[C@@H]1[C@H](C2=O)[C@@H]2C=C[C@H]1C2. The van der Waals surface area contributed by atoms with Crippen LogP contribution in [0.4, 0.5) is 0 Å². The first kappa shape index (κ1) is 11.5. The molecule has 7 atom stereocenters. The summed E-state index contributed by atoms with van der Waals surface area (Å²) in [7, 11) is 0. The lowest BCUT2D eigenvalue weighted by molar-refractivity contribution is -0.131. The summed E-state index contributed by atoms with van der Waals surface area (Å²) in [5.41, 5.74) is -0.335. The zero-order chi connectivity index (χ0) is 13.4. The van der Waals surface area contributed by atoms with Gasteiger partial charge in [0.25, 0.3) is 0 Å². The summed E-state index contributed by atoms with van der Waals surface area (Å²) in [6.07, 6.45) is 4.27. The molecular formula is C16H16O3. The molecule has 1 saturated heterocycles. The van der Waals surface area contributed by atoms with Gasteiger partial charge in [0.15, 0.2) is 5.78 Å². The molecule has 0 aromatic heterocycles. The van der Waals surface area contributed by atoms with Crippen molar-refractivity contribution in [1.82, 2.24) is 0 Å². The van der Waals surface area contributed by atoms with Crippen molar-refractivity contribution in [3.63, 3.8) is 0 Å². The Morgan fingerprint density at radius 1 is 1.53 bits per heavy atom. The number of ether oxygens (including phenoxy) is 1. The third kappa shape index (κ3) is 1.29. The number of Topliss-reactive ketones (excluding diaryl/α,β-unsaturated/α-hetero) is 1. The highest BCUT2D eigenvalue weighted by atomic mass is 16.6. The van der Waals surface area contributed by atoms with Crippen molar-refractivity contribution < 1.29 is 14.6 Å². The van der Waals surface area contributed by atoms with Crippen LogP contribution in [0.3, 0.4) is 0 Å². The van der Waals surface area contributed by atoms with Crippen molar-refractivity contribution in [3.05, 3.63) is 24.3 Å². The Morgan fingerprint density at radius 3 is 3.00 bits per heavy atom. The van der Waals surface area contributed by atoms with E-state index in [0.29, 0.717) is 11.5 Å². The van der Waals surface area contributed by atoms with Crippen molar-refractivity contribution in [2.45, 2.75) is 31.2 Å². The highest BCUT2D eigenvalue weighted by Crippen LogP contribution is 2.60. The Bertz CT molecular complexity index is 579. The average molecular weight is 256 g/mol. The second kappa shape index (κ2) is 3.39. The number of hydrogen-bond donors (Lipinski definition) is 1. The Labute approximate surface area is 112 Å². The third-order valence-corrected chi connectivity index (χ3v) is 5.01. The van der Waals surface area contributed by atoms with Gasteiger partial charge < -0.3 is 9.84 Å². The maximum Gasteiger partial charge on any atom is 0.216 e. The van der Waals surface area contributed by atoms with Gasteiger partial charge in [0, 0.05) is 11.8 Å². The number of allylic oxidation sites excluding steroid dienone is 3. The summed E-state index contributed by atoms with van der Waals surface area (Å²) in [5.74, 6) is 6.39. The molecule has 0 amide bonds. The second-order valence-corrected chi connectivity index (χ2v) is 6.21. The number of hydrogen-bond acceptors (Lipinski definition) is 3. The van der Waals surface area contributed by atoms with Crippen molar-refractivity contribution in [2.24, 2.45) is 23.7 Å². The lowest BCUT2D eigenvalue weighted by atomic mass is 9.67. The molecule has 3 heteroatoms. The molecule has 3 nitrogen and oxygen atoms in total. The maximum atomic E-state index is 12.7. The van der Waals surface area contributed by atoms with E-state index in [0.717, 1.165) is 6.42 Å². The topological polar surface area (TPSA) is 49.8 Å². The molecule has 4 aliphatic rings. The Hall–Kier alpha value is -1.37. The first-order chi connectivity index (χ1) is 9.04. The summed E-state index contributed by atoms with van der Waals surface area (Å²) in [6.45, 7) is 5.52. The van der Waals surface area contributed by atoms with Crippen LogP contribution >= 0.6 is 0 Å². The number of carbonyl (C=O) groups is 1. The van der Waals surface area contributed by atoms with Gasteiger partial charge in [-0.3, -0.25) is 4.79 Å². The van der Waals surface area contributed by atoms with Crippen LogP contribution in [0, 0.1) is 35.5 Å². The van der Waals surface area contributed by atoms with E-state index >= 15 is 0 Å². The van der Waals surface area contributed by atoms with E-state index in [-0.39, 0.29) is 23.5 Å². The summed E-state index contributed by atoms with van der Waals surface area (Å²) in [6, 6.07) is 0. The van der Waals surface area contributed by atoms with Gasteiger partial charge in [0.05, 0.1) is 6.10 Å². The molecule has 1 heterocycles. The average Bonchev–Trinajstić information content (AvgIpc) is 2.77. The molecule has 0 radical (unpaired) electrons. The van der Waals surface area contributed by atoms with Crippen LogP contribution in [-0.2, 0) is 9.53 Å². The first-order valence-corrected chi connectivity index (χ1v) is 6.82. The molecule has 98 valence electrons. The van der Waals surface area contributed by atoms with E-state index in [9.17, 15) is 9.90 Å². The molecule has 0 aromatic rings. The molecular weight excluding hydrogens is 240 g/mol. The Kier molecular flexibility index (Phi) is 2.04. The van der Waals surface area contributed by atoms with Crippen molar-refractivity contribution in [3.8, 4) is 11.8 Å². The second-order valence-electron chi connectivity index (χ2n) is 6.21. The van der Waals surface area contributed by atoms with Crippen molar-refractivity contribution in [2.75, 3.05) is 0 Å². The van der Waals surface area contributed by atoms with Crippen LogP contribution in [0.25, 0.3) is 0 Å². The predicted molar refractivity (Wildman–Crippen MR) is 68.9 cm³/mol. The summed E-state index contributed by atoms with van der Waals surface area (Å²) in [5, 5.41) is 10.5. The lowest BCUT2D eigenvalue weighted by Crippen LogP contribution is -2.50. The van der Waals surface area contributed by atoms with Crippen LogP contribution in [0.15, 0.2) is 24.3 Å². The molecule has 0 aromatic carbocycles. The standard InChI is InChI=1S/C16H16O3/c1-8(2)5-6-16-14(18)12-10-4-3-9(7-10)11(12)13(17)15(16)19-16/h3-4,9-13,15,17H,1,7H2,2H3/t9-,10+,11-,12+,13-,15-,16+/m0/s1. The normalized spacial score (nSPS) is 52.2. The molecule has 3 fully saturated rings. The fraction of sp³-hybridized carbons (Fsp3) is 0.562. The highest BCUT2D eigenvalue weighted by Gasteiger charge is 2.74. The molecule has 3 aliphatic carbocycles. The van der Waals surface area contributed by atoms with E-state index in [4.69, 9.17) is 4.74 Å². The maximum absolute atomic E-state index is 12.7. The predicted octanol–water partition coefficient (Wildman–Crippen LogP) is 1.09. The molecule has 19 heavy (non-hydrogen) atoms. The Balaban J connectivity index is 1.74. The van der Waals surface area contributed by atoms with Gasteiger partial charge in [-0.15, -0.1) is 0 Å². The van der Waals surface area contributed by atoms with Crippen LogP contribution in [0.2, 0.25) is 0 Å². The number of aliphatic hydroxyl groups is 1. The number of aliphatic hydroxyl groups excluding tert-OH is 1. The highest BCUT2D eigenvalue weighted by molar-refractivity contribution is 5.98. The minimum absolute atomic E-state index is 0.0368. The zero-order valence-electron chi connectivity index (χ0n) is 10.8.